The lowest BCUT2D eigenvalue weighted by Gasteiger charge is -2.08. The van der Waals surface area contributed by atoms with E-state index < -0.39 is 0 Å². The van der Waals surface area contributed by atoms with Crippen LogP contribution >= 0.6 is 11.6 Å². The van der Waals surface area contributed by atoms with Crippen LogP contribution in [0.1, 0.15) is 12.5 Å². The van der Waals surface area contributed by atoms with Gasteiger partial charge in [0.1, 0.15) is 11.0 Å². The largest absolute Gasteiger partial charge is 0.315 e. The third kappa shape index (κ3) is 1.77. The van der Waals surface area contributed by atoms with Gasteiger partial charge in [0.05, 0.1) is 6.20 Å². The van der Waals surface area contributed by atoms with Crippen LogP contribution in [-0.4, -0.2) is 9.55 Å². The van der Waals surface area contributed by atoms with Crippen LogP contribution in [0.15, 0.2) is 30.5 Å². The maximum Gasteiger partial charge on any atom is 0.141 e. The van der Waals surface area contributed by atoms with Crippen LogP contribution in [0, 0.1) is 6.92 Å². The average molecular weight is 221 g/mol. The van der Waals surface area contributed by atoms with Crippen molar-refractivity contribution < 1.29 is 0 Å². The number of aromatic nitrogens is 2. The topological polar surface area (TPSA) is 17.8 Å². The first-order valence-electron chi connectivity index (χ1n) is 5.01. The van der Waals surface area contributed by atoms with Gasteiger partial charge in [-0.3, -0.25) is 0 Å². The van der Waals surface area contributed by atoms with E-state index in [4.69, 9.17) is 11.6 Å². The molecule has 0 atom stereocenters. The van der Waals surface area contributed by atoms with Gasteiger partial charge in [0.25, 0.3) is 0 Å². The number of halogens is 1. The van der Waals surface area contributed by atoms with E-state index in [1.807, 2.05) is 16.7 Å². The molecule has 0 saturated heterocycles. The minimum Gasteiger partial charge on any atom is -0.315 e. The van der Waals surface area contributed by atoms with Crippen molar-refractivity contribution in [3.8, 4) is 11.4 Å². The normalized spacial score (nSPS) is 10.6. The van der Waals surface area contributed by atoms with Crippen LogP contribution in [0.3, 0.4) is 0 Å². The summed E-state index contributed by atoms with van der Waals surface area (Å²) in [7, 11) is 0. The summed E-state index contributed by atoms with van der Waals surface area (Å²) in [6.45, 7) is 4.98. The molecule has 2 aromatic rings. The Balaban J connectivity index is 2.59. The SMILES string of the molecule is CCn1c(Cl)cnc1-c1ccccc1C. The Morgan fingerprint density at radius 1 is 1.33 bits per heavy atom. The van der Waals surface area contributed by atoms with Crippen molar-refractivity contribution in [3.05, 3.63) is 41.2 Å². The Bertz CT molecular complexity index is 474. The number of aryl methyl sites for hydroxylation is 1. The second-order valence-corrected chi connectivity index (χ2v) is 3.85. The van der Waals surface area contributed by atoms with E-state index >= 15 is 0 Å². The van der Waals surface area contributed by atoms with Crippen LogP contribution in [0.25, 0.3) is 11.4 Å². The van der Waals surface area contributed by atoms with Gasteiger partial charge in [-0.05, 0) is 19.4 Å². The quantitative estimate of drug-likeness (QED) is 0.757. The molecule has 0 amide bonds. The second-order valence-electron chi connectivity index (χ2n) is 3.46. The Labute approximate surface area is 94.5 Å². The van der Waals surface area contributed by atoms with Crippen molar-refractivity contribution >= 4 is 11.6 Å². The fraction of sp³-hybridized carbons (Fsp3) is 0.250. The van der Waals surface area contributed by atoms with E-state index in [-0.39, 0.29) is 0 Å². The molecule has 1 aromatic carbocycles. The van der Waals surface area contributed by atoms with Gasteiger partial charge in [-0.1, -0.05) is 35.9 Å². The average Bonchev–Trinajstić information content (AvgIpc) is 2.60. The third-order valence-corrected chi connectivity index (χ3v) is 2.81. The molecule has 15 heavy (non-hydrogen) atoms. The molecule has 0 aliphatic carbocycles. The van der Waals surface area contributed by atoms with Gasteiger partial charge in [0.15, 0.2) is 0 Å². The molecule has 0 aliphatic rings. The van der Waals surface area contributed by atoms with E-state index in [0.717, 1.165) is 17.9 Å². The van der Waals surface area contributed by atoms with Gasteiger partial charge in [0, 0.05) is 12.1 Å². The number of hydrogen-bond acceptors (Lipinski definition) is 1. The van der Waals surface area contributed by atoms with E-state index in [9.17, 15) is 0 Å². The minimum atomic E-state index is 0.691. The molecule has 1 aromatic heterocycles. The van der Waals surface area contributed by atoms with E-state index in [2.05, 4.69) is 31.0 Å². The zero-order valence-electron chi connectivity index (χ0n) is 8.87. The molecule has 0 unspecified atom stereocenters. The highest BCUT2D eigenvalue weighted by molar-refractivity contribution is 6.29. The molecule has 78 valence electrons. The first-order chi connectivity index (χ1) is 7.24. The first-order valence-corrected chi connectivity index (χ1v) is 5.39. The standard InChI is InChI=1S/C12H13ClN2/c1-3-15-11(13)8-14-12(15)10-7-5-4-6-9(10)2/h4-8H,3H2,1-2H3. The van der Waals surface area contributed by atoms with E-state index in [1.54, 1.807) is 6.20 Å². The Hall–Kier alpha value is -1.28. The highest BCUT2D eigenvalue weighted by Gasteiger charge is 2.10. The number of hydrogen-bond donors (Lipinski definition) is 0. The highest BCUT2D eigenvalue weighted by atomic mass is 35.5. The molecule has 3 heteroatoms. The summed E-state index contributed by atoms with van der Waals surface area (Å²) < 4.78 is 2.00. The molecule has 1 heterocycles. The van der Waals surface area contributed by atoms with Crippen molar-refractivity contribution in [1.82, 2.24) is 9.55 Å². The van der Waals surface area contributed by atoms with Crippen LogP contribution in [0.2, 0.25) is 5.15 Å². The van der Waals surface area contributed by atoms with Crippen molar-refractivity contribution in [2.45, 2.75) is 20.4 Å². The predicted octanol–water partition coefficient (Wildman–Crippen LogP) is 3.53. The molecule has 0 fully saturated rings. The van der Waals surface area contributed by atoms with Crippen LogP contribution in [0.5, 0.6) is 0 Å². The Morgan fingerprint density at radius 2 is 2.07 bits per heavy atom. The Morgan fingerprint density at radius 3 is 2.73 bits per heavy atom. The van der Waals surface area contributed by atoms with Crippen LogP contribution in [0.4, 0.5) is 0 Å². The molecule has 0 aliphatic heterocycles. The van der Waals surface area contributed by atoms with Crippen LogP contribution < -0.4 is 0 Å². The number of imidazole rings is 1. The lowest BCUT2D eigenvalue weighted by molar-refractivity contribution is 0.771. The molecule has 2 nitrogen and oxygen atoms in total. The van der Waals surface area contributed by atoms with Crippen molar-refractivity contribution in [2.24, 2.45) is 0 Å². The predicted molar refractivity (Wildman–Crippen MR) is 63.1 cm³/mol. The van der Waals surface area contributed by atoms with Crippen LogP contribution in [-0.2, 0) is 6.54 Å². The molecule has 0 radical (unpaired) electrons. The lowest BCUT2D eigenvalue weighted by atomic mass is 10.1. The molecule has 0 bridgehead atoms. The van der Waals surface area contributed by atoms with Gasteiger partial charge in [-0.25, -0.2) is 4.98 Å². The second kappa shape index (κ2) is 4.07. The summed E-state index contributed by atoms with van der Waals surface area (Å²) in [5.41, 5.74) is 2.36. The van der Waals surface area contributed by atoms with E-state index in [1.165, 1.54) is 5.56 Å². The summed E-state index contributed by atoms with van der Waals surface area (Å²) >= 11 is 6.05. The summed E-state index contributed by atoms with van der Waals surface area (Å²) in [4.78, 5) is 4.35. The van der Waals surface area contributed by atoms with Crippen molar-refractivity contribution in [3.63, 3.8) is 0 Å². The molecule has 0 N–H and O–H groups in total. The molecule has 0 spiro atoms. The van der Waals surface area contributed by atoms with Gasteiger partial charge >= 0.3 is 0 Å². The summed E-state index contributed by atoms with van der Waals surface area (Å²) in [6, 6.07) is 8.20. The first kappa shape index (κ1) is 10.2. The fourth-order valence-corrected chi connectivity index (χ4v) is 1.94. The van der Waals surface area contributed by atoms with Gasteiger partial charge in [-0.15, -0.1) is 0 Å². The zero-order chi connectivity index (χ0) is 10.8. The summed E-state index contributed by atoms with van der Waals surface area (Å²) in [5.74, 6) is 0.945. The minimum absolute atomic E-state index is 0.691. The maximum atomic E-state index is 6.05. The highest BCUT2D eigenvalue weighted by Crippen LogP contribution is 2.24. The summed E-state index contributed by atoms with van der Waals surface area (Å²) in [5, 5.41) is 0.691. The monoisotopic (exact) mass is 220 g/mol. The number of benzene rings is 1. The van der Waals surface area contributed by atoms with Gasteiger partial charge in [-0.2, -0.15) is 0 Å². The molecule has 2 rings (SSSR count). The number of nitrogens with zero attached hydrogens (tertiary/aromatic N) is 2. The fourth-order valence-electron chi connectivity index (χ4n) is 1.69. The van der Waals surface area contributed by atoms with E-state index in [0.29, 0.717) is 5.15 Å². The molecular formula is C12H13ClN2. The number of rotatable bonds is 2. The van der Waals surface area contributed by atoms with Gasteiger partial charge < -0.3 is 4.57 Å². The molecular weight excluding hydrogens is 208 g/mol. The third-order valence-electron chi connectivity index (χ3n) is 2.51. The molecule has 0 saturated carbocycles. The maximum absolute atomic E-state index is 6.05. The van der Waals surface area contributed by atoms with Crippen molar-refractivity contribution in [2.75, 3.05) is 0 Å². The zero-order valence-corrected chi connectivity index (χ0v) is 9.62. The van der Waals surface area contributed by atoms with Crippen molar-refractivity contribution in [1.29, 1.82) is 0 Å². The lowest BCUT2D eigenvalue weighted by Crippen LogP contribution is -1.98. The van der Waals surface area contributed by atoms with Gasteiger partial charge in [0.2, 0.25) is 0 Å². The summed E-state index contributed by atoms with van der Waals surface area (Å²) in [6.07, 6.45) is 1.70. The smallest absolute Gasteiger partial charge is 0.141 e. The Kier molecular flexibility index (Phi) is 2.78.